The summed E-state index contributed by atoms with van der Waals surface area (Å²) in [5.74, 6) is -1.36. The largest absolute Gasteiger partial charge is 0.497 e. The van der Waals surface area contributed by atoms with Crippen molar-refractivity contribution in [3.05, 3.63) is 59.9 Å². The third kappa shape index (κ3) is 7.17. The van der Waals surface area contributed by atoms with Crippen molar-refractivity contribution in [2.75, 3.05) is 45.8 Å². The lowest BCUT2D eigenvalue weighted by atomic mass is 10.2. The summed E-state index contributed by atoms with van der Waals surface area (Å²) >= 11 is 0. The number of hydrogen-bond acceptors (Lipinski definition) is 5. The second-order valence-corrected chi connectivity index (χ2v) is 6.28. The molecule has 0 radical (unpaired) electrons. The van der Waals surface area contributed by atoms with Gasteiger partial charge in [0.25, 0.3) is 5.91 Å². The van der Waals surface area contributed by atoms with Crippen molar-refractivity contribution in [3.63, 3.8) is 0 Å². The molecule has 160 valence electrons. The van der Waals surface area contributed by atoms with Crippen molar-refractivity contribution >= 4 is 23.4 Å². The molecule has 3 amide bonds. The summed E-state index contributed by atoms with van der Waals surface area (Å²) in [6.07, 6.45) is 0. The van der Waals surface area contributed by atoms with Crippen LogP contribution in [0.2, 0.25) is 0 Å². The van der Waals surface area contributed by atoms with Crippen molar-refractivity contribution in [2.45, 2.75) is 0 Å². The van der Waals surface area contributed by atoms with Gasteiger partial charge in [-0.2, -0.15) is 0 Å². The quantitative estimate of drug-likeness (QED) is 0.613. The monoisotopic (exact) mass is 417 g/mol. The van der Waals surface area contributed by atoms with E-state index in [2.05, 4.69) is 10.6 Å². The highest BCUT2D eigenvalue weighted by Crippen LogP contribution is 2.14. The fraction of sp³-hybridized carbons (Fsp3) is 0.286. The van der Waals surface area contributed by atoms with Gasteiger partial charge in [-0.1, -0.05) is 6.07 Å². The van der Waals surface area contributed by atoms with Crippen LogP contribution < -0.4 is 15.4 Å². The van der Waals surface area contributed by atoms with E-state index in [4.69, 9.17) is 9.47 Å². The first-order valence-corrected chi connectivity index (χ1v) is 9.17. The van der Waals surface area contributed by atoms with Gasteiger partial charge in [0.1, 0.15) is 11.6 Å². The first-order valence-electron chi connectivity index (χ1n) is 9.17. The molecule has 0 aromatic heterocycles. The zero-order valence-electron chi connectivity index (χ0n) is 16.8. The number of hydrogen-bond donors (Lipinski definition) is 2. The van der Waals surface area contributed by atoms with E-state index in [0.29, 0.717) is 11.4 Å². The second kappa shape index (κ2) is 11.5. The first kappa shape index (κ1) is 22.8. The van der Waals surface area contributed by atoms with Crippen molar-refractivity contribution in [1.82, 2.24) is 10.2 Å². The van der Waals surface area contributed by atoms with Crippen molar-refractivity contribution in [1.29, 1.82) is 0 Å². The maximum Gasteiger partial charge on any atom is 0.254 e. The van der Waals surface area contributed by atoms with E-state index in [1.807, 2.05) is 0 Å². The number of rotatable bonds is 10. The van der Waals surface area contributed by atoms with Gasteiger partial charge in [0, 0.05) is 24.9 Å². The molecule has 30 heavy (non-hydrogen) atoms. The van der Waals surface area contributed by atoms with Gasteiger partial charge in [-0.3, -0.25) is 14.4 Å². The predicted octanol–water partition coefficient (Wildman–Crippen LogP) is 1.68. The van der Waals surface area contributed by atoms with Crippen LogP contribution in [0.4, 0.5) is 10.1 Å². The Labute approximate surface area is 174 Å². The Balaban J connectivity index is 1.89. The number of carbonyl (C=O) groups is 3. The second-order valence-electron chi connectivity index (χ2n) is 6.28. The molecule has 2 aromatic rings. The van der Waals surface area contributed by atoms with Crippen molar-refractivity contribution < 1.29 is 28.2 Å². The Morgan fingerprint density at radius 3 is 2.40 bits per heavy atom. The highest BCUT2D eigenvalue weighted by atomic mass is 19.1. The Bertz CT molecular complexity index is 873. The molecule has 0 aliphatic carbocycles. The normalized spacial score (nSPS) is 10.2. The summed E-state index contributed by atoms with van der Waals surface area (Å²) < 4.78 is 23.4. The number of nitrogens with zero attached hydrogens (tertiary/aromatic N) is 1. The van der Waals surface area contributed by atoms with Crippen LogP contribution in [0.25, 0.3) is 0 Å². The van der Waals surface area contributed by atoms with E-state index in [1.165, 1.54) is 37.3 Å². The van der Waals surface area contributed by atoms with Gasteiger partial charge in [-0.15, -0.1) is 0 Å². The molecular weight excluding hydrogens is 393 g/mol. The molecule has 8 nitrogen and oxygen atoms in total. The van der Waals surface area contributed by atoms with E-state index in [1.54, 1.807) is 24.3 Å². The Kier molecular flexibility index (Phi) is 8.76. The fourth-order valence-corrected chi connectivity index (χ4v) is 2.55. The molecule has 0 aliphatic rings. The molecule has 2 rings (SSSR count). The summed E-state index contributed by atoms with van der Waals surface area (Å²) in [5.41, 5.74) is 0.675. The van der Waals surface area contributed by atoms with Gasteiger partial charge < -0.3 is 25.0 Å². The topological polar surface area (TPSA) is 97.0 Å². The van der Waals surface area contributed by atoms with Crippen LogP contribution in [0, 0.1) is 5.82 Å². The molecule has 0 atom stereocenters. The minimum atomic E-state index is -0.549. The fourth-order valence-electron chi connectivity index (χ4n) is 2.55. The van der Waals surface area contributed by atoms with E-state index >= 15 is 0 Å². The zero-order valence-corrected chi connectivity index (χ0v) is 16.8. The third-order valence-electron chi connectivity index (χ3n) is 4.08. The maximum atomic E-state index is 13.4. The predicted molar refractivity (Wildman–Crippen MR) is 109 cm³/mol. The lowest BCUT2D eigenvalue weighted by molar-refractivity contribution is -0.124. The summed E-state index contributed by atoms with van der Waals surface area (Å²) in [7, 11) is 3.01. The number of amides is 3. The molecular formula is C21H24FN3O5. The highest BCUT2D eigenvalue weighted by molar-refractivity contribution is 5.98. The summed E-state index contributed by atoms with van der Waals surface area (Å²) in [6, 6.07) is 11.9. The van der Waals surface area contributed by atoms with Crippen LogP contribution in [0.3, 0.4) is 0 Å². The molecule has 0 spiro atoms. The molecule has 0 unspecified atom stereocenters. The first-order chi connectivity index (χ1) is 14.4. The number of benzene rings is 2. The smallest absolute Gasteiger partial charge is 0.254 e. The third-order valence-corrected chi connectivity index (χ3v) is 4.08. The van der Waals surface area contributed by atoms with Crippen LogP contribution in [-0.2, 0) is 14.3 Å². The highest BCUT2D eigenvalue weighted by Gasteiger charge is 2.19. The van der Waals surface area contributed by atoms with Crippen LogP contribution in [-0.4, -0.2) is 63.1 Å². The van der Waals surface area contributed by atoms with E-state index < -0.39 is 23.5 Å². The van der Waals surface area contributed by atoms with Gasteiger partial charge in [0.05, 0.1) is 26.8 Å². The molecule has 0 saturated carbocycles. The Morgan fingerprint density at radius 2 is 1.77 bits per heavy atom. The van der Waals surface area contributed by atoms with Crippen LogP contribution in [0.1, 0.15) is 10.4 Å². The zero-order chi connectivity index (χ0) is 21.9. The number of ether oxygens (including phenoxy) is 2. The van der Waals surface area contributed by atoms with Gasteiger partial charge in [0.2, 0.25) is 11.8 Å². The average molecular weight is 417 g/mol. The molecule has 0 aliphatic heterocycles. The number of anilines is 1. The van der Waals surface area contributed by atoms with E-state index in [-0.39, 0.29) is 31.8 Å². The molecule has 0 fully saturated rings. The molecule has 0 heterocycles. The lowest BCUT2D eigenvalue weighted by Crippen LogP contribution is -2.44. The molecule has 2 aromatic carbocycles. The average Bonchev–Trinajstić information content (AvgIpc) is 2.75. The molecule has 0 bridgehead atoms. The Hall–Kier alpha value is -3.46. The standard InChI is InChI=1S/C21H24FN3O5/c1-29-11-10-25(21(28)15-4-3-5-16(22)12-15)14-20(27)23-13-19(26)24-17-6-8-18(30-2)9-7-17/h3-9,12H,10-11,13-14H2,1-2H3,(H,23,27)(H,24,26). The van der Waals surface area contributed by atoms with E-state index in [0.717, 1.165) is 6.07 Å². The van der Waals surface area contributed by atoms with Gasteiger partial charge >= 0.3 is 0 Å². The summed E-state index contributed by atoms with van der Waals surface area (Å²) in [6.45, 7) is -0.227. The van der Waals surface area contributed by atoms with Gasteiger partial charge in [-0.25, -0.2) is 4.39 Å². The van der Waals surface area contributed by atoms with Crippen molar-refractivity contribution in [3.8, 4) is 5.75 Å². The SMILES string of the molecule is COCCN(CC(=O)NCC(=O)Nc1ccc(OC)cc1)C(=O)c1cccc(F)c1. The van der Waals surface area contributed by atoms with Gasteiger partial charge in [-0.05, 0) is 42.5 Å². The summed E-state index contributed by atoms with van der Waals surface area (Å²) in [5, 5.41) is 5.11. The number of halogens is 1. The van der Waals surface area contributed by atoms with Crippen LogP contribution in [0.5, 0.6) is 5.75 Å². The van der Waals surface area contributed by atoms with Crippen molar-refractivity contribution in [2.24, 2.45) is 0 Å². The summed E-state index contributed by atoms with van der Waals surface area (Å²) in [4.78, 5) is 38.1. The lowest BCUT2D eigenvalue weighted by Gasteiger charge is -2.22. The van der Waals surface area contributed by atoms with Crippen LogP contribution >= 0.6 is 0 Å². The van der Waals surface area contributed by atoms with Crippen LogP contribution in [0.15, 0.2) is 48.5 Å². The minimum Gasteiger partial charge on any atom is -0.497 e. The van der Waals surface area contributed by atoms with E-state index in [9.17, 15) is 18.8 Å². The Morgan fingerprint density at radius 1 is 1.03 bits per heavy atom. The number of methoxy groups -OCH3 is 2. The number of nitrogens with one attached hydrogen (secondary N) is 2. The molecule has 2 N–H and O–H groups in total. The van der Waals surface area contributed by atoms with Gasteiger partial charge in [0.15, 0.2) is 0 Å². The maximum absolute atomic E-state index is 13.4. The molecule has 0 saturated heterocycles. The molecule has 9 heteroatoms. The minimum absolute atomic E-state index is 0.121. The number of carbonyl (C=O) groups excluding carboxylic acids is 3.